The van der Waals surface area contributed by atoms with Gasteiger partial charge < -0.3 is 24.6 Å². The molecule has 0 unspecified atom stereocenters. The molecular formula is C19H21N5O4. The van der Waals surface area contributed by atoms with Gasteiger partial charge in [0.05, 0.1) is 13.7 Å². The van der Waals surface area contributed by atoms with Gasteiger partial charge in [-0.1, -0.05) is 5.16 Å². The lowest BCUT2D eigenvalue weighted by Gasteiger charge is -2.10. The Hall–Kier alpha value is -3.62. The summed E-state index contributed by atoms with van der Waals surface area (Å²) >= 11 is 0. The van der Waals surface area contributed by atoms with Crippen LogP contribution in [0.1, 0.15) is 22.1 Å². The minimum absolute atomic E-state index is 0.228. The second-order valence-corrected chi connectivity index (χ2v) is 5.91. The highest BCUT2D eigenvalue weighted by Crippen LogP contribution is 2.17. The fraction of sp³-hybridized carbons (Fsp3) is 0.263. The van der Waals surface area contributed by atoms with Gasteiger partial charge in [0.25, 0.3) is 5.91 Å². The van der Waals surface area contributed by atoms with Crippen molar-refractivity contribution in [3.05, 3.63) is 53.7 Å². The summed E-state index contributed by atoms with van der Waals surface area (Å²) in [5.74, 6) is 3.07. The Morgan fingerprint density at radius 1 is 1.07 bits per heavy atom. The molecule has 1 amide bonds. The van der Waals surface area contributed by atoms with Crippen LogP contribution in [0.2, 0.25) is 0 Å². The number of nitrogens with zero attached hydrogens (tertiary/aromatic N) is 3. The molecule has 2 aromatic heterocycles. The zero-order valence-electron chi connectivity index (χ0n) is 15.9. The molecule has 0 fully saturated rings. The maximum Gasteiger partial charge on any atom is 0.275 e. The van der Waals surface area contributed by atoms with Crippen molar-refractivity contribution in [2.24, 2.45) is 0 Å². The van der Waals surface area contributed by atoms with Crippen LogP contribution >= 0.6 is 0 Å². The molecule has 2 heterocycles. The smallest absolute Gasteiger partial charge is 0.275 e. The monoisotopic (exact) mass is 383 g/mol. The van der Waals surface area contributed by atoms with Gasteiger partial charge in [-0.25, -0.2) is 9.97 Å². The third-order valence-electron chi connectivity index (χ3n) is 3.68. The van der Waals surface area contributed by atoms with Gasteiger partial charge >= 0.3 is 0 Å². The Balaban J connectivity index is 1.54. The summed E-state index contributed by atoms with van der Waals surface area (Å²) in [6.45, 7) is 4.39. The van der Waals surface area contributed by atoms with Crippen molar-refractivity contribution in [1.82, 2.24) is 15.1 Å². The van der Waals surface area contributed by atoms with E-state index in [4.69, 9.17) is 14.0 Å². The Bertz CT molecular complexity index is 940. The van der Waals surface area contributed by atoms with E-state index in [9.17, 15) is 4.79 Å². The van der Waals surface area contributed by atoms with E-state index in [1.807, 2.05) is 24.3 Å². The van der Waals surface area contributed by atoms with Crippen LogP contribution in [0.25, 0.3) is 0 Å². The van der Waals surface area contributed by atoms with Crippen LogP contribution < -0.4 is 20.1 Å². The fourth-order valence-electron chi connectivity index (χ4n) is 2.40. The Kier molecular flexibility index (Phi) is 6.05. The van der Waals surface area contributed by atoms with Crippen LogP contribution in [-0.4, -0.2) is 41.3 Å². The second-order valence-electron chi connectivity index (χ2n) is 5.91. The van der Waals surface area contributed by atoms with Crippen molar-refractivity contribution in [2.75, 3.05) is 30.9 Å². The maximum absolute atomic E-state index is 12.3. The highest BCUT2D eigenvalue weighted by Gasteiger charge is 2.12. The molecule has 0 saturated heterocycles. The van der Waals surface area contributed by atoms with Gasteiger partial charge in [-0.3, -0.25) is 4.79 Å². The molecule has 28 heavy (non-hydrogen) atoms. The van der Waals surface area contributed by atoms with E-state index in [2.05, 4.69) is 25.8 Å². The summed E-state index contributed by atoms with van der Waals surface area (Å²) in [5.41, 5.74) is 0.228. The number of rotatable bonds is 8. The number of anilines is 2. The first kappa shape index (κ1) is 19.2. The number of nitrogens with one attached hydrogen (secondary N) is 2. The van der Waals surface area contributed by atoms with Crippen LogP contribution in [0.15, 0.2) is 40.9 Å². The van der Waals surface area contributed by atoms with Crippen LogP contribution in [-0.2, 0) is 0 Å². The Labute approximate surface area is 162 Å². The molecule has 0 aliphatic carbocycles. The molecule has 3 aromatic rings. The lowest BCUT2D eigenvalue weighted by molar-refractivity contribution is 0.102. The molecular weight excluding hydrogens is 362 g/mol. The second kappa shape index (κ2) is 8.85. The van der Waals surface area contributed by atoms with E-state index >= 15 is 0 Å². The van der Waals surface area contributed by atoms with E-state index in [0.717, 1.165) is 11.5 Å². The molecule has 0 radical (unpaired) electrons. The standard InChI is InChI=1S/C19H21N5O4/c1-12-10-18(24-28-12)23-19(25)16-11-17(22-13(2)21-16)20-8-9-27-15-6-4-14(26-3)5-7-15/h4-7,10-11H,8-9H2,1-3H3,(H,20,21,22)(H,23,24,25). The van der Waals surface area contributed by atoms with Crippen molar-refractivity contribution in [3.8, 4) is 11.5 Å². The minimum atomic E-state index is -0.392. The summed E-state index contributed by atoms with van der Waals surface area (Å²) in [4.78, 5) is 20.8. The highest BCUT2D eigenvalue weighted by molar-refractivity contribution is 6.02. The largest absolute Gasteiger partial charge is 0.497 e. The van der Waals surface area contributed by atoms with Crippen LogP contribution in [0, 0.1) is 13.8 Å². The highest BCUT2D eigenvalue weighted by atomic mass is 16.5. The predicted molar refractivity (Wildman–Crippen MR) is 103 cm³/mol. The number of carbonyl (C=O) groups is 1. The average molecular weight is 383 g/mol. The molecule has 0 bridgehead atoms. The number of carbonyl (C=O) groups excluding carboxylic acids is 1. The number of ether oxygens (including phenoxy) is 2. The van der Waals surface area contributed by atoms with Gasteiger partial charge in [0.2, 0.25) is 0 Å². The van der Waals surface area contributed by atoms with Gasteiger partial charge in [0, 0.05) is 12.1 Å². The molecule has 1 aromatic carbocycles. The number of amides is 1. The third-order valence-corrected chi connectivity index (χ3v) is 3.68. The first-order chi connectivity index (χ1) is 13.5. The molecule has 0 aliphatic heterocycles. The summed E-state index contributed by atoms with van der Waals surface area (Å²) in [6.07, 6.45) is 0. The number of aromatic nitrogens is 3. The van der Waals surface area contributed by atoms with Crippen molar-refractivity contribution in [3.63, 3.8) is 0 Å². The fourth-order valence-corrected chi connectivity index (χ4v) is 2.40. The van der Waals surface area contributed by atoms with Crippen LogP contribution in [0.4, 0.5) is 11.6 Å². The summed E-state index contributed by atoms with van der Waals surface area (Å²) in [7, 11) is 1.62. The van der Waals surface area contributed by atoms with Gasteiger partial charge in [-0.15, -0.1) is 0 Å². The van der Waals surface area contributed by atoms with E-state index in [-0.39, 0.29) is 5.69 Å². The molecule has 9 nitrogen and oxygen atoms in total. The van der Waals surface area contributed by atoms with Gasteiger partial charge in [-0.2, -0.15) is 0 Å². The van der Waals surface area contributed by atoms with Crippen molar-refractivity contribution >= 4 is 17.5 Å². The molecule has 0 spiro atoms. The zero-order chi connectivity index (χ0) is 19.9. The van der Waals surface area contributed by atoms with Gasteiger partial charge in [-0.05, 0) is 38.1 Å². The number of hydrogen-bond acceptors (Lipinski definition) is 8. The van der Waals surface area contributed by atoms with Crippen molar-refractivity contribution < 1.29 is 18.8 Å². The Morgan fingerprint density at radius 3 is 2.50 bits per heavy atom. The van der Waals surface area contributed by atoms with Gasteiger partial charge in [0.15, 0.2) is 5.82 Å². The SMILES string of the molecule is COc1ccc(OCCNc2cc(C(=O)Nc3cc(C)on3)nc(C)n2)cc1. The maximum atomic E-state index is 12.3. The van der Waals surface area contributed by atoms with E-state index in [1.54, 1.807) is 33.1 Å². The molecule has 2 N–H and O–H groups in total. The lowest BCUT2D eigenvalue weighted by atomic mass is 10.3. The van der Waals surface area contributed by atoms with Gasteiger partial charge in [0.1, 0.15) is 41.2 Å². The molecule has 146 valence electrons. The molecule has 0 saturated carbocycles. The molecule has 0 atom stereocenters. The summed E-state index contributed by atoms with van der Waals surface area (Å²) in [5, 5.41) is 9.50. The van der Waals surface area contributed by atoms with Crippen LogP contribution in [0.3, 0.4) is 0 Å². The molecule has 9 heteroatoms. The third kappa shape index (κ3) is 5.19. The normalized spacial score (nSPS) is 10.4. The van der Waals surface area contributed by atoms with Crippen molar-refractivity contribution in [1.29, 1.82) is 0 Å². The quantitative estimate of drug-likeness (QED) is 0.571. The van der Waals surface area contributed by atoms with Crippen LogP contribution in [0.5, 0.6) is 11.5 Å². The summed E-state index contributed by atoms with van der Waals surface area (Å²) < 4.78 is 15.7. The number of benzene rings is 1. The van der Waals surface area contributed by atoms with E-state index < -0.39 is 5.91 Å². The Morgan fingerprint density at radius 2 is 1.82 bits per heavy atom. The molecule has 0 aliphatic rings. The number of aryl methyl sites for hydroxylation is 2. The first-order valence-corrected chi connectivity index (χ1v) is 8.64. The molecule has 3 rings (SSSR count). The topological polar surface area (TPSA) is 111 Å². The average Bonchev–Trinajstić information content (AvgIpc) is 3.10. The van der Waals surface area contributed by atoms with E-state index in [1.165, 1.54) is 0 Å². The van der Waals surface area contributed by atoms with E-state index in [0.29, 0.717) is 36.4 Å². The first-order valence-electron chi connectivity index (χ1n) is 8.64. The lowest BCUT2D eigenvalue weighted by Crippen LogP contribution is -2.17. The summed E-state index contributed by atoms with van der Waals surface area (Å²) in [6, 6.07) is 10.5. The number of methoxy groups -OCH3 is 1. The predicted octanol–water partition coefficient (Wildman–Crippen LogP) is 2.83. The van der Waals surface area contributed by atoms with Crippen molar-refractivity contribution in [2.45, 2.75) is 13.8 Å². The zero-order valence-corrected chi connectivity index (χ0v) is 15.9. The minimum Gasteiger partial charge on any atom is -0.497 e. The number of hydrogen-bond donors (Lipinski definition) is 2.